The molecule has 0 bridgehead atoms. The molecule has 3 heterocycles. The van der Waals surface area contributed by atoms with Gasteiger partial charge in [0.05, 0.1) is 53.8 Å². The minimum Gasteiger partial charge on any atom is -0.508 e. The van der Waals surface area contributed by atoms with Crippen molar-refractivity contribution in [1.29, 1.82) is 0 Å². The number of hydrazone groups is 1. The molecule has 6 aromatic rings. The summed E-state index contributed by atoms with van der Waals surface area (Å²) in [5, 5.41) is 64.2. The Balaban J connectivity index is 0.000000193. The summed E-state index contributed by atoms with van der Waals surface area (Å²) < 4.78 is 15.6. The minimum absolute atomic E-state index is 0.0539. The van der Waals surface area contributed by atoms with Crippen molar-refractivity contribution in [3.63, 3.8) is 0 Å². The number of benzene rings is 4. The molecule has 7 rings (SSSR count). The number of para-hydroxylation sites is 1. The first-order chi connectivity index (χ1) is 33.1. The van der Waals surface area contributed by atoms with Crippen molar-refractivity contribution >= 4 is 129 Å². The molecular formula is C44H43N13O8S4. The van der Waals surface area contributed by atoms with Gasteiger partial charge in [-0.25, -0.2) is 19.0 Å². The van der Waals surface area contributed by atoms with E-state index in [1.165, 1.54) is 93.6 Å². The summed E-state index contributed by atoms with van der Waals surface area (Å²) in [6.07, 6.45) is 2.77. The topological polar surface area (TPSA) is 283 Å². The molecule has 0 saturated carbocycles. The Hall–Kier alpha value is -7.79. The highest BCUT2D eigenvalue weighted by Crippen LogP contribution is 2.40. The fourth-order valence-electron chi connectivity index (χ4n) is 5.40. The number of hydrogen-bond acceptors (Lipinski definition) is 22. The number of thioether (sulfide) groups is 2. The quantitative estimate of drug-likeness (QED) is 0.0288. The van der Waals surface area contributed by atoms with Crippen molar-refractivity contribution in [3.8, 4) is 23.0 Å². The number of aryl methyl sites for hydroxylation is 2. The molecule has 1 aliphatic heterocycles. The molecule has 0 saturated heterocycles. The number of aromatic hydroxyl groups is 3. The Bertz CT molecular complexity index is 3000. The van der Waals surface area contributed by atoms with Crippen molar-refractivity contribution in [3.05, 3.63) is 101 Å². The molecule has 2 amide bonds. The Morgan fingerprint density at radius 2 is 1.59 bits per heavy atom. The van der Waals surface area contributed by atoms with Crippen LogP contribution < -0.4 is 20.8 Å². The van der Waals surface area contributed by atoms with Crippen LogP contribution in [-0.4, -0.2) is 72.3 Å². The number of fused-ring (bicyclic) bond motifs is 1. The van der Waals surface area contributed by atoms with Crippen molar-refractivity contribution in [2.24, 2.45) is 35.8 Å². The molecule has 4 aromatic carbocycles. The molecule has 21 nitrogen and oxygen atoms in total. The Morgan fingerprint density at radius 1 is 0.899 bits per heavy atom. The first kappa shape index (κ1) is 52.2. The van der Waals surface area contributed by atoms with Crippen molar-refractivity contribution < 1.29 is 39.2 Å². The van der Waals surface area contributed by atoms with Gasteiger partial charge in [-0.2, -0.15) is 10.2 Å². The van der Waals surface area contributed by atoms with Gasteiger partial charge in [0, 0.05) is 43.7 Å². The minimum atomic E-state index is -0.493. The number of phenolic OH excluding ortho intramolecular Hbond substituents is 3. The molecule has 25 heteroatoms. The van der Waals surface area contributed by atoms with Crippen LogP contribution in [0.1, 0.15) is 37.6 Å². The second-order valence-corrected chi connectivity index (χ2v) is 18.0. The lowest BCUT2D eigenvalue weighted by Gasteiger charge is -2.10. The maximum absolute atomic E-state index is 11.3. The SMILES string of the molecule is CCSC1=NNC(N=Nc2cc(OC)c(O)cc2NC(C)=O)S1.COC(=O)/C=C\c1cc(O)ccc1N=Nc1nc2ccccc2s1.[C-]#[N+]c1c(C)nsc1N=Nc1cc(C)c(O)cc1NC(C)=O. The van der Waals surface area contributed by atoms with Gasteiger partial charge in [0.15, 0.2) is 20.9 Å². The summed E-state index contributed by atoms with van der Waals surface area (Å²) in [4.78, 5) is 41.5. The number of anilines is 2. The first-order valence-electron chi connectivity index (χ1n) is 20.1. The number of hydrogen-bond donors (Lipinski definition) is 6. The maximum atomic E-state index is 11.3. The summed E-state index contributed by atoms with van der Waals surface area (Å²) in [5.41, 5.74) is 7.53. The third-order valence-electron chi connectivity index (χ3n) is 8.56. The molecule has 1 atom stereocenters. The van der Waals surface area contributed by atoms with Crippen LogP contribution >= 0.6 is 46.4 Å². The van der Waals surface area contributed by atoms with E-state index < -0.39 is 5.97 Å². The van der Waals surface area contributed by atoms with Gasteiger partial charge in [-0.15, -0.1) is 25.6 Å². The summed E-state index contributed by atoms with van der Waals surface area (Å²) in [6.45, 7) is 15.4. The fraction of sp³-hybridized carbons (Fsp3) is 0.205. The number of thiazole rings is 1. The van der Waals surface area contributed by atoms with E-state index in [9.17, 15) is 29.7 Å². The second-order valence-electron chi connectivity index (χ2n) is 13.7. The van der Waals surface area contributed by atoms with Gasteiger partial charge in [0.2, 0.25) is 28.1 Å². The molecule has 0 aliphatic carbocycles. The van der Waals surface area contributed by atoms with Crippen molar-refractivity contribution in [2.45, 2.75) is 40.1 Å². The average Bonchev–Trinajstić information content (AvgIpc) is 4.06. The zero-order chi connectivity index (χ0) is 50.0. The van der Waals surface area contributed by atoms with Crippen LogP contribution in [0.25, 0.3) is 21.1 Å². The predicted molar refractivity (Wildman–Crippen MR) is 271 cm³/mol. The number of rotatable bonds is 12. The molecule has 356 valence electrons. The van der Waals surface area contributed by atoms with Crippen LogP contribution in [0.5, 0.6) is 23.0 Å². The van der Waals surface area contributed by atoms with E-state index in [0.717, 1.165) is 31.9 Å². The summed E-state index contributed by atoms with van der Waals surface area (Å²) in [5.74, 6) is 0.162. The highest BCUT2D eigenvalue weighted by Gasteiger charge is 2.19. The third kappa shape index (κ3) is 15.4. The highest BCUT2D eigenvalue weighted by atomic mass is 32.2. The van der Waals surface area contributed by atoms with Crippen LogP contribution in [0.15, 0.2) is 109 Å². The lowest BCUT2D eigenvalue weighted by Crippen LogP contribution is -2.11. The maximum Gasteiger partial charge on any atom is 0.330 e. The summed E-state index contributed by atoms with van der Waals surface area (Å²) in [6, 6.07) is 18.2. The average molecular weight is 1010 g/mol. The summed E-state index contributed by atoms with van der Waals surface area (Å²) >= 11 is 5.60. The van der Waals surface area contributed by atoms with Crippen LogP contribution in [0.3, 0.4) is 0 Å². The molecule has 1 aliphatic rings. The number of carbonyl (C=O) groups excluding carboxylic acids is 3. The number of methoxy groups -OCH3 is 2. The molecule has 1 unspecified atom stereocenters. The van der Waals surface area contributed by atoms with Gasteiger partial charge >= 0.3 is 5.97 Å². The van der Waals surface area contributed by atoms with Crippen LogP contribution in [0.2, 0.25) is 0 Å². The van der Waals surface area contributed by atoms with E-state index in [4.69, 9.17) is 11.3 Å². The Kier molecular flexibility index (Phi) is 19.2. The van der Waals surface area contributed by atoms with Gasteiger partial charge in [-0.05, 0) is 90.9 Å². The Morgan fingerprint density at radius 3 is 2.26 bits per heavy atom. The number of phenols is 3. The second kappa shape index (κ2) is 25.4. The largest absolute Gasteiger partial charge is 0.508 e. The fourth-order valence-corrected chi connectivity index (χ4v) is 8.61. The van der Waals surface area contributed by atoms with E-state index in [1.807, 2.05) is 31.2 Å². The lowest BCUT2D eigenvalue weighted by molar-refractivity contribution is -0.134. The van der Waals surface area contributed by atoms with Gasteiger partial charge in [0.1, 0.15) is 22.9 Å². The van der Waals surface area contributed by atoms with Crippen LogP contribution in [0.4, 0.5) is 44.3 Å². The zero-order valence-corrected chi connectivity index (χ0v) is 41.0. The lowest BCUT2D eigenvalue weighted by atomic mass is 10.1. The first-order valence-corrected chi connectivity index (χ1v) is 23.5. The van der Waals surface area contributed by atoms with E-state index in [-0.39, 0.29) is 40.3 Å². The molecule has 6 N–H and O–H groups in total. The number of ether oxygens (including phenoxy) is 2. The molecule has 2 aromatic heterocycles. The summed E-state index contributed by atoms with van der Waals surface area (Å²) in [7, 11) is 2.73. The number of aromatic nitrogens is 2. The van der Waals surface area contributed by atoms with Crippen molar-refractivity contribution in [2.75, 3.05) is 30.6 Å². The van der Waals surface area contributed by atoms with E-state index in [0.29, 0.717) is 61.1 Å². The third-order valence-corrected chi connectivity index (χ3v) is 12.3. The van der Waals surface area contributed by atoms with Crippen LogP contribution in [-0.2, 0) is 19.1 Å². The number of carbonyl (C=O) groups is 3. The van der Waals surface area contributed by atoms with Gasteiger partial charge in [-0.3, -0.25) is 15.0 Å². The molecular weight excluding hydrogens is 967 g/mol. The monoisotopic (exact) mass is 1010 g/mol. The van der Waals surface area contributed by atoms with E-state index in [2.05, 4.69) is 70.8 Å². The van der Waals surface area contributed by atoms with E-state index in [1.54, 1.807) is 37.7 Å². The van der Waals surface area contributed by atoms with E-state index >= 15 is 0 Å². The number of esters is 1. The van der Waals surface area contributed by atoms with Gasteiger partial charge in [0.25, 0.3) is 0 Å². The smallest absolute Gasteiger partial charge is 0.330 e. The number of nitrogens with zero attached hydrogens (tertiary/aromatic N) is 10. The molecule has 0 fully saturated rings. The number of azo groups is 3. The van der Waals surface area contributed by atoms with Crippen LogP contribution in [0, 0.1) is 20.4 Å². The Labute approximate surface area is 411 Å². The van der Waals surface area contributed by atoms with Crippen molar-refractivity contribution in [1.82, 2.24) is 14.8 Å². The predicted octanol–water partition coefficient (Wildman–Crippen LogP) is 12.1. The molecule has 0 radical (unpaired) electrons. The zero-order valence-electron chi connectivity index (χ0n) is 37.8. The molecule has 69 heavy (non-hydrogen) atoms. The molecule has 0 spiro atoms. The highest BCUT2D eigenvalue weighted by molar-refractivity contribution is 8.39. The van der Waals surface area contributed by atoms with Gasteiger partial charge in [-0.1, -0.05) is 42.2 Å². The normalized spacial score (nSPS) is 13.1. The van der Waals surface area contributed by atoms with Gasteiger partial charge < -0.3 is 35.4 Å². The number of amides is 2. The standard InChI is InChI=1S/C17H13N3O3S.C14H13N5O2S.C13H17N5O3S2/c1-23-16(22)9-6-11-10-12(21)7-8-13(11)19-20-17-18-14-4-2-3-5-15(14)24-17;1-7-5-11(10(6-12(7)21)16-9(3)20)17-18-14-13(15-4)8(2)19-22-14;1-4-22-13-18-17-12(23-13)16-15-9-6-11(21-3)10(20)5-8(9)14-7(2)19/h2-10,21H,1H3;5-6,21H,1-3H3,(H,16,20);5-6,12,17,20H,4H2,1-3H3,(H,14,19)/b9-6-,20-19?;;. The number of nitrogens with one attached hydrogen (secondary N) is 3.